The Bertz CT molecular complexity index is 1120. The van der Waals surface area contributed by atoms with Gasteiger partial charge in [0.1, 0.15) is 16.8 Å². The van der Waals surface area contributed by atoms with Gasteiger partial charge in [-0.1, -0.05) is 12.1 Å². The van der Waals surface area contributed by atoms with E-state index >= 15 is 0 Å². The average Bonchev–Trinajstić information content (AvgIpc) is 3.08. The average molecular weight is 439 g/mol. The van der Waals surface area contributed by atoms with Crippen molar-refractivity contribution in [1.82, 2.24) is 20.3 Å². The second kappa shape index (κ2) is 8.57. The SMILES string of the molecule is Cc1cccc(Nc2nc(N3CCCC(NC(=O)OC(C)(C)C)C3)nc3c[nH]c(O)c23)c1. The molecule has 0 bridgehead atoms. The van der Waals surface area contributed by atoms with Crippen LogP contribution in [-0.4, -0.2) is 50.9 Å². The Morgan fingerprint density at radius 1 is 1.31 bits per heavy atom. The van der Waals surface area contributed by atoms with Crippen molar-refractivity contribution < 1.29 is 14.6 Å². The van der Waals surface area contributed by atoms with Crippen LogP contribution in [-0.2, 0) is 4.74 Å². The van der Waals surface area contributed by atoms with Crippen LogP contribution in [0.1, 0.15) is 39.2 Å². The van der Waals surface area contributed by atoms with Crippen LogP contribution in [0.4, 0.5) is 22.2 Å². The molecule has 1 unspecified atom stereocenters. The predicted molar refractivity (Wildman–Crippen MR) is 125 cm³/mol. The predicted octanol–water partition coefficient (Wildman–Crippen LogP) is 4.21. The van der Waals surface area contributed by atoms with Crippen LogP contribution in [0.2, 0.25) is 0 Å². The van der Waals surface area contributed by atoms with Gasteiger partial charge in [-0.25, -0.2) is 9.78 Å². The minimum Gasteiger partial charge on any atom is -0.494 e. The van der Waals surface area contributed by atoms with E-state index in [4.69, 9.17) is 9.72 Å². The van der Waals surface area contributed by atoms with Crippen molar-refractivity contribution in [2.24, 2.45) is 0 Å². The molecule has 9 heteroatoms. The van der Waals surface area contributed by atoms with Gasteiger partial charge in [0.15, 0.2) is 0 Å². The molecule has 1 amide bonds. The van der Waals surface area contributed by atoms with Crippen molar-refractivity contribution in [3.63, 3.8) is 0 Å². The van der Waals surface area contributed by atoms with Crippen molar-refractivity contribution in [1.29, 1.82) is 0 Å². The minimum absolute atomic E-state index is 0.0183. The van der Waals surface area contributed by atoms with E-state index in [1.165, 1.54) is 0 Å². The van der Waals surface area contributed by atoms with Crippen LogP contribution in [0, 0.1) is 6.92 Å². The van der Waals surface area contributed by atoms with E-state index in [1.807, 2.05) is 52.0 Å². The lowest BCUT2D eigenvalue weighted by molar-refractivity contribution is 0.0500. The number of aryl methyl sites for hydroxylation is 1. The van der Waals surface area contributed by atoms with E-state index < -0.39 is 11.7 Å². The van der Waals surface area contributed by atoms with Crippen molar-refractivity contribution >= 4 is 34.4 Å². The van der Waals surface area contributed by atoms with E-state index in [2.05, 4.69) is 25.5 Å². The third kappa shape index (κ3) is 5.04. The fourth-order valence-electron chi connectivity index (χ4n) is 3.85. The maximum absolute atomic E-state index is 12.2. The highest BCUT2D eigenvalue weighted by atomic mass is 16.6. The highest BCUT2D eigenvalue weighted by molar-refractivity contribution is 5.96. The van der Waals surface area contributed by atoms with Crippen LogP contribution in [0.15, 0.2) is 30.5 Å². The zero-order chi connectivity index (χ0) is 22.9. The topological polar surface area (TPSA) is 115 Å². The van der Waals surface area contributed by atoms with Gasteiger partial charge in [-0.15, -0.1) is 0 Å². The van der Waals surface area contributed by atoms with Crippen LogP contribution in [0.25, 0.3) is 10.9 Å². The molecule has 9 nitrogen and oxygen atoms in total. The fourth-order valence-corrected chi connectivity index (χ4v) is 3.85. The van der Waals surface area contributed by atoms with Gasteiger partial charge in [0.2, 0.25) is 11.8 Å². The quantitative estimate of drug-likeness (QED) is 0.482. The molecule has 3 heterocycles. The molecule has 4 rings (SSSR count). The van der Waals surface area contributed by atoms with Gasteiger partial charge >= 0.3 is 6.09 Å². The third-order valence-corrected chi connectivity index (χ3v) is 5.21. The number of rotatable bonds is 4. The Kier molecular flexibility index (Phi) is 5.82. The maximum Gasteiger partial charge on any atom is 0.407 e. The maximum atomic E-state index is 12.2. The van der Waals surface area contributed by atoms with E-state index in [-0.39, 0.29) is 11.9 Å². The van der Waals surface area contributed by atoms with Crippen molar-refractivity contribution in [2.45, 2.75) is 52.2 Å². The molecule has 1 saturated heterocycles. The van der Waals surface area contributed by atoms with Gasteiger partial charge in [0, 0.05) is 31.0 Å². The number of aromatic amines is 1. The standard InChI is InChI=1S/C23H30N6O3/c1-14-7-5-8-15(11-14)25-19-18-17(12-24-20(18)30)27-21(28-19)29-10-6-9-16(13-29)26-22(31)32-23(2,3)4/h5,7-8,11-12,16,24,30H,6,9-10,13H2,1-4H3,(H,26,31)(H,25,27,28). The zero-order valence-electron chi connectivity index (χ0n) is 18.9. The Balaban J connectivity index is 1.58. The number of alkyl carbamates (subject to hydrolysis) is 1. The summed E-state index contributed by atoms with van der Waals surface area (Å²) in [7, 11) is 0. The van der Waals surface area contributed by atoms with E-state index in [1.54, 1.807) is 6.20 Å². The van der Waals surface area contributed by atoms with Gasteiger partial charge in [0.25, 0.3) is 0 Å². The first-order chi connectivity index (χ1) is 15.2. The van der Waals surface area contributed by atoms with Gasteiger partial charge in [0.05, 0.1) is 5.52 Å². The molecule has 3 aromatic rings. The van der Waals surface area contributed by atoms with Crippen LogP contribution in [0.5, 0.6) is 5.88 Å². The van der Waals surface area contributed by atoms with Gasteiger partial charge in [-0.3, -0.25) is 0 Å². The first-order valence-corrected chi connectivity index (χ1v) is 10.8. The number of nitrogens with zero attached hydrogens (tertiary/aromatic N) is 3. The molecule has 0 spiro atoms. The molecule has 1 aliphatic heterocycles. The lowest BCUT2D eigenvalue weighted by atomic mass is 10.1. The molecule has 0 saturated carbocycles. The number of piperidine rings is 1. The number of anilines is 3. The van der Waals surface area contributed by atoms with E-state index in [0.29, 0.717) is 29.2 Å². The summed E-state index contributed by atoms with van der Waals surface area (Å²) < 4.78 is 5.40. The zero-order valence-corrected chi connectivity index (χ0v) is 18.9. The van der Waals surface area contributed by atoms with E-state index in [9.17, 15) is 9.90 Å². The number of aromatic nitrogens is 3. The van der Waals surface area contributed by atoms with Crippen molar-refractivity contribution in [3.8, 4) is 5.88 Å². The molecule has 1 atom stereocenters. The summed E-state index contributed by atoms with van der Waals surface area (Å²) >= 11 is 0. The molecule has 0 radical (unpaired) electrons. The summed E-state index contributed by atoms with van der Waals surface area (Å²) in [5, 5.41) is 17.1. The second-order valence-electron chi connectivity index (χ2n) is 9.20. The Morgan fingerprint density at radius 2 is 2.12 bits per heavy atom. The molecule has 32 heavy (non-hydrogen) atoms. The first-order valence-electron chi connectivity index (χ1n) is 10.8. The number of aromatic hydroxyl groups is 1. The molecule has 1 fully saturated rings. The molecule has 1 aliphatic rings. The lowest BCUT2D eigenvalue weighted by Crippen LogP contribution is -2.49. The van der Waals surface area contributed by atoms with Gasteiger partial charge < -0.3 is 30.4 Å². The normalized spacial score (nSPS) is 16.8. The van der Waals surface area contributed by atoms with Crippen LogP contribution < -0.4 is 15.5 Å². The highest BCUT2D eigenvalue weighted by Gasteiger charge is 2.26. The number of carbonyl (C=O) groups is 1. The Morgan fingerprint density at radius 3 is 2.88 bits per heavy atom. The second-order valence-corrected chi connectivity index (χ2v) is 9.20. The highest BCUT2D eigenvalue weighted by Crippen LogP contribution is 2.33. The molecule has 170 valence electrons. The molecular weight excluding hydrogens is 408 g/mol. The van der Waals surface area contributed by atoms with Crippen LogP contribution >= 0.6 is 0 Å². The lowest BCUT2D eigenvalue weighted by Gasteiger charge is -2.33. The summed E-state index contributed by atoms with van der Waals surface area (Å²) in [6.07, 6.45) is 2.99. The number of benzene rings is 1. The minimum atomic E-state index is -0.542. The number of amides is 1. The number of nitrogens with one attached hydrogen (secondary N) is 3. The summed E-state index contributed by atoms with van der Waals surface area (Å²) in [4.78, 5) is 26.5. The van der Waals surface area contributed by atoms with Gasteiger partial charge in [-0.05, 0) is 58.2 Å². The smallest absolute Gasteiger partial charge is 0.407 e. The number of ether oxygens (including phenoxy) is 1. The molecule has 0 aliphatic carbocycles. The molecule has 2 aromatic heterocycles. The summed E-state index contributed by atoms with van der Waals surface area (Å²) in [6.45, 7) is 8.91. The summed E-state index contributed by atoms with van der Waals surface area (Å²) in [5.41, 5.74) is 2.06. The number of fused-ring (bicyclic) bond motifs is 1. The molecular formula is C23H30N6O3. The largest absolute Gasteiger partial charge is 0.494 e. The van der Waals surface area contributed by atoms with Gasteiger partial charge in [-0.2, -0.15) is 4.98 Å². The molecule has 4 N–H and O–H groups in total. The number of carbonyl (C=O) groups excluding carboxylic acids is 1. The first kappa shape index (κ1) is 21.7. The number of H-pyrrole nitrogens is 1. The monoisotopic (exact) mass is 438 g/mol. The van der Waals surface area contributed by atoms with Crippen molar-refractivity contribution in [3.05, 3.63) is 36.0 Å². The summed E-state index contributed by atoms with van der Waals surface area (Å²) in [5.74, 6) is 1.09. The molecule has 1 aromatic carbocycles. The number of hydrogen-bond donors (Lipinski definition) is 4. The Hall–Kier alpha value is -3.49. The Labute approximate surface area is 187 Å². The summed E-state index contributed by atoms with van der Waals surface area (Å²) in [6, 6.07) is 7.88. The van der Waals surface area contributed by atoms with Crippen LogP contribution in [0.3, 0.4) is 0 Å². The fraction of sp³-hybridized carbons (Fsp3) is 0.435. The number of hydrogen-bond acceptors (Lipinski definition) is 7. The van der Waals surface area contributed by atoms with Crippen molar-refractivity contribution in [2.75, 3.05) is 23.3 Å². The third-order valence-electron chi connectivity index (χ3n) is 5.21. The van der Waals surface area contributed by atoms with E-state index in [0.717, 1.165) is 30.6 Å².